The van der Waals surface area contributed by atoms with Gasteiger partial charge in [-0.05, 0) is 56.9 Å². The Hall–Kier alpha value is -2.73. The molecule has 1 saturated carbocycles. The number of primary amides is 1. The van der Waals surface area contributed by atoms with Gasteiger partial charge in [-0.15, -0.1) is 0 Å². The maximum absolute atomic E-state index is 15.0. The molecule has 7 nitrogen and oxygen atoms in total. The average molecular weight is 488 g/mol. The largest absolute Gasteiger partial charge is 0.351 e. The number of carbonyl (C=O) groups excluding carboxylic acids is 2. The van der Waals surface area contributed by atoms with E-state index in [1.165, 1.54) is 12.1 Å². The monoisotopic (exact) mass is 487 g/mol. The summed E-state index contributed by atoms with van der Waals surface area (Å²) in [5, 5.41) is 12.9. The van der Waals surface area contributed by atoms with E-state index in [2.05, 4.69) is 16.3 Å². The zero-order chi connectivity index (χ0) is 25.3. The van der Waals surface area contributed by atoms with Crippen LogP contribution >= 0.6 is 0 Å². The number of halogens is 2. The Morgan fingerprint density at radius 3 is 2.37 bits per heavy atom. The number of nitrogens with one attached hydrogen (secondary N) is 1. The van der Waals surface area contributed by atoms with Gasteiger partial charge in [-0.2, -0.15) is 5.26 Å². The van der Waals surface area contributed by atoms with Crippen LogP contribution in [0.4, 0.5) is 13.6 Å². The topological polar surface area (TPSA) is 102 Å². The minimum Gasteiger partial charge on any atom is -0.351 e. The van der Waals surface area contributed by atoms with Gasteiger partial charge in [-0.25, -0.2) is 13.6 Å². The fourth-order valence-corrected chi connectivity index (χ4v) is 5.97. The summed E-state index contributed by atoms with van der Waals surface area (Å²) in [6, 6.07) is 9.56. The quantitative estimate of drug-likeness (QED) is 0.615. The summed E-state index contributed by atoms with van der Waals surface area (Å²) in [5.41, 5.74) is 4.29. The van der Waals surface area contributed by atoms with Crippen LogP contribution in [0.3, 0.4) is 0 Å². The Kier molecular flexibility index (Phi) is 7.05. The first-order chi connectivity index (χ1) is 16.6. The van der Waals surface area contributed by atoms with E-state index in [0.717, 1.165) is 6.42 Å². The van der Waals surface area contributed by atoms with Crippen LogP contribution in [0.25, 0.3) is 0 Å². The second-order valence-corrected chi connectivity index (χ2v) is 10.7. The minimum absolute atomic E-state index is 0.0360. The number of benzene rings is 1. The van der Waals surface area contributed by atoms with Crippen molar-refractivity contribution >= 4 is 11.9 Å². The molecule has 3 aliphatic rings. The Morgan fingerprint density at radius 2 is 1.80 bits per heavy atom. The predicted molar refractivity (Wildman–Crippen MR) is 127 cm³/mol. The average Bonchev–Trinajstić information content (AvgIpc) is 3.53. The molecule has 1 unspecified atom stereocenters. The minimum atomic E-state index is -3.04. The van der Waals surface area contributed by atoms with Crippen LogP contribution in [0.1, 0.15) is 50.5 Å². The standard InChI is InChI=1S/C26H35F2N5O2/c1-32-13-11-25(18-29,12-14-32)31-22(34)20(7-8-26(27,28)19-5-3-2-4-6-19)21-17-24(21)9-15-33(16-10-24)23(30)35/h2-6,20-21H,7-17H2,1H3,(H2,30,35)(H,31,34)/t20-,21?/m0/s1. The maximum atomic E-state index is 15.0. The molecule has 0 aromatic heterocycles. The molecule has 9 heteroatoms. The fourth-order valence-electron chi connectivity index (χ4n) is 5.97. The lowest BCUT2D eigenvalue weighted by Gasteiger charge is -2.37. The van der Waals surface area contributed by atoms with Gasteiger partial charge in [0, 0.05) is 44.1 Å². The number of piperidine rings is 2. The Morgan fingerprint density at radius 1 is 1.17 bits per heavy atom. The van der Waals surface area contributed by atoms with Crippen LogP contribution in [0.15, 0.2) is 30.3 Å². The first-order valence-corrected chi connectivity index (χ1v) is 12.5. The van der Waals surface area contributed by atoms with Crippen LogP contribution in [0.5, 0.6) is 0 Å². The molecule has 0 radical (unpaired) electrons. The Bertz CT molecular complexity index is 964. The summed E-state index contributed by atoms with van der Waals surface area (Å²) < 4.78 is 30.1. The van der Waals surface area contributed by atoms with Crippen molar-refractivity contribution in [2.75, 3.05) is 33.2 Å². The number of amides is 3. The van der Waals surface area contributed by atoms with Crippen molar-refractivity contribution in [2.45, 2.75) is 56.4 Å². The highest BCUT2D eigenvalue weighted by molar-refractivity contribution is 5.81. The Balaban J connectivity index is 1.49. The van der Waals surface area contributed by atoms with E-state index < -0.39 is 29.8 Å². The summed E-state index contributed by atoms with van der Waals surface area (Å²) >= 11 is 0. The predicted octanol–water partition coefficient (Wildman–Crippen LogP) is 3.46. The number of nitriles is 1. The fraction of sp³-hybridized carbons (Fsp3) is 0.654. The molecule has 1 aromatic carbocycles. The zero-order valence-electron chi connectivity index (χ0n) is 20.3. The van der Waals surface area contributed by atoms with Crippen LogP contribution in [-0.4, -0.2) is 60.5 Å². The molecule has 2 aliphatic heterocycles. The second kappa shape index (κ2) is 9.73. The van der Waals surface area contributed by atoms with Crippen LogP contribution < -0.4 is 11.1 Å². The number of hydrogen-bond acceptors (Lipinski definition) is 4. The van der Waals surface area contributed by atoms with Gasteiger partial charge in [-0.3, -0.25) is 4.79 Å². The van der Waals surface area contributed by atoms with Gasteiger partial charge in [0.1, 0.15) is 5.54 Å². The molecular formula is C26H35F2N5O2. The van der Waals surface area contributed by atoms with Crippen LogP contribution in [-0.2, 0) is 10.7 Å². The van der Waals surface area contributed by atoms with Gasteiger partial charge < -0.3 is 20.9 Å². The van der Waals surface area contributed by atoms with Gasteiger partial charge in [0.2, 0.25) is 5.91 Å². The van der Waals surface area contributed by atoms with Crippen LogP contribution in [0.2, 0.25) is 0 Å². The smallest absolute Gasteiger partial charge is 0.314 e. The highest BCUT2D eigenvalue weighted by atomic mass is 19.3. The van der Waals surface area contributed by atoms with Crippen molar-refractivity contribution in [3.63, 3.8) is 0 Å². The van der Waals surface area contributed by atoms with Crippen molar-refractivity contribution in [3.8, 4) is 6.07 Å². The van der Waals surface area contributed by atoms with Crippen molar-refractivity contribution in [3.05, 3.63) is 35.9 Å². The third-order valence-corrected chi connectivity index (χ3v) is 8.53. The van der Waals surface area contributed by atoms with Gasteiger partial charge in [0.25, 0.3) is 5.92 Å². The van der Waals surface area contributed by atoms with Crippen molar-refractivity contribution in [1.82, 2.24) is 15.1 Å². The number of urea groups is 1. The molecule has 1 aromatic rings. The molecule has 1 aliphatic carbocycles. The third-order valence-electron chi connectivity index (χ3n) is 8.53. The number of carbonyl (C=O) groups is 2. The highest BCUT2D eigenvalue weighted by Gasteiger charge is 2.60. The van der Waals surface area contributed by atoms with Crippen molar-refractivity contribution in [1.29, 1.82) is 5.26 Å². The van der Waals surface area contributed by atoms with Gasteiger partial charge in [0.05, 0.1) is 6.07 Å². The lowest BCUT2D eigenvalue weighted by molar-refractivity contribution is -0.129. The van der Waals surface area contributed by atoms with Gasteiger partial charge >= 0.3 is 6.03 Å². The molecular weight excluding hydrogens is 452 g/mol. The summed E-state index contributed by atoms with van der Waals surface area (Å²) in [7, 11) is 1.98. The summed E-state index contributed by atoms with van der Waals surface area (Å²) in [6.45, 7) is 2.44. The van der Waals surface area contributed by atoms with E-state index in [1.807, 2.05) is 7.05 Å². The van der Waals surface area contributed by atoms with Crippen molar-refractivity contribution < 1.29 is 18.4 Å². The lowest BCUT2D eigenvalue weighted by Crippen LogP contribution is -2.55. The first-order valence-electron chi connectivity index (χ1n) is 12.5. The molecule has 0 bridgehead atoms. The van der Waals surface area contributed by atoms with E-state index in [4.69, 9.17) is 5.73 Å². The molecule has 35 heavy (non-hydrogen) atoms. The number of nitrogens with zero attached hydrogens (tertiary/aromatic N) is 3. The highest BCUT2D eigenvalue weighted by Crippen LogP contribution is 2.63. The van der Waals surface area contributed by atoms with Crippen LogP contribution in [0, 0.1) is 28.6 Å². The molecule has 2 atom stereocenters. The number of hydrogen-bond donors (Lipinski definition) is 2. The van der Waals surface area contributed by atoms with E-state index in [0.29, 0.717) is 51.9 Å². The molecule has 1 spiro atoms. The molecule has 2 heterocycles. The summed E-state index contributed by atoms with van der Waals surface area (Å²) in [6.07, 6.45) is 2.85. The van der Waals surface area contributed by atoms with E-state index in [9.17, 15) is 14.9 Å². The van der Waals surface area contributed by atoms with E-state index in [1.54, 1.807) is 23.1 Å². The van der Waals surface area contributed by atoms with Gasteiger partial charge in [0.15, 0.2) is 0 Å². The lowest BCUT2D eigenvalue weighted by atomic mass is 9.82. The van der Waals surface area contributed by atoms with E-state index >= 15 is 8.78 Å². The molecule has 190 valence electrons. The maximum Gasteiger partial charge on any atom is 0.314 e. The second-order valence-electron chi connectivity index (χ2n) is 10.7. The number of nitrogens with two attached hydrogens (primary N) is 1. The molecule has 3 N–H and O–H groups in total. The third kappa shape index (κ3) is 5.43. The molecule has 2 saturated heterocycles. The van der Waals surface area contributed by atoms with E-state index in [-0.39, 0.29) is 29.2 Å². The van der Waals surface area contributed by atoms with Gasteiger partial charge in [-0.1, -0.05) is 30.3 Å². The summed E-state index contributed by atoms with van der Waals surface area (Å²) in [5.74, 6) is -3.97. The normalized spacial score (nSPS) is 24.4. The Labute approximate surface area is 205 Å². The SMILES string of the molecule is CN1CCC(C#N)(NC(=O)[C@@H](CCC(F)(F)c2ccccc2)C2CC23CCN(C(N)=O)CC3)CC1. The first kappa shape index (κ1) is 25.4. The summed E-state index contributed by atoms with van der Waals surface area (Å²) in [4.78, 5) is 28.8. The number of rotatable bonds is 7. The molecule has 4 rings (SSSR count). The van der Waals surface area contributed by atoms with Crippen molar-refractivity contribution in [2.24, 2.45) is 23.0 Å². The number of likely N-dealkylation sites (tertiary alicyclic amines) is 2. The number of alkyl halides is 2. The molecule has 3 amide bonds. The molecule has 3 fully saturated rings. The zero-order valence-corrected chi connectivity index (χ0v) is 20.3.